The van der Waals surface area contributed by atoms with Crippen molar-refractivity contribution in [3.05, 3.63) is 0 Å². The van der Waals surface area contributed by atoms with Crippen LogP contribution in [0.25, 0.3) is 0 Å². The molecule has 11 heteroatoms. The minimum atomic E-state index is 0.0303. The maximum absolute atomic E-state index is 8.58. The van der Waals surface area contributed by atoms with Crippen LogP contribution in [0.2, 0.25) is 0 Å². The first-order valence-corrected chi connectivity index (χ1v) is 16.8. The van der Waals surface area contributed by atoms with Gasteiger partial charge >= 0.3 is 0 Å². The summed E-state index contributed by atoms with van der Waals surface area (Å²) in [5.41, 5.74) is 0. The maximum Gasteiger partial charge on any atom is 0.0701 e. The van der Waals surface area contributed by atoms with Crippen LogP contribution in [0.4, 0.5) is 0 Å². The van der Waals surface area contributed by atoms with E-state index in [1.807, 2.05) is 0 Å². The van der Waals surface area contributed by atoms with E-state index >= 15 is 0 Å². The summed E-state index contributed by atoms with van der Waals surface area (Å²) in [4.78, 5) is 0. The molecule has 43 heavy (non-hydrogen) atoms. The molecule has 0 aromatic carbocycles. The van der Waals surface area contributed by atoms with Gasteiger partial charge in [0, 0.05) is 6.61 Å². The van der Waals surface area contributed by atoms with Gasteiger partial charge in [-0.05, 0) is 6.42 Å². The minimum Gasteiger partial charge on any atom is -0.394 e. The number of aliphatic hydroxyl groups excluding tert-OH is 1. The Morgan fingerprint density at radius 1 is 0.256 bits per heavy atom. The summed E-state index contributed by atoms with van der Waals surface area (Å²) in [6, 6.07) is 0. The van der Waals surface area contributed by atoms with Crippen LogP contribution in [-0.2, 0) is 47.4 Å². The van der Waals surface area contributed by atoms with Crippen molar-refractivity contribution in [2.24, 2.45) is 0 Å². The first kappa shape index (κ1) is 42.6. The van der Waals surface area contributed by atoms with Gasteiger partial charge in [-0.25, -0.2) is 0 Å². The SMILES string of the molecule is CCCCCCCCCCCCOCCOCCOCCOCCOCCOCCOCCOCCOCCOCCO. The van der Waals surface area contributed by atoms with Crippen LogP contribution in [0.3, 0.4) is 0 Å². The van der Waals surface area contributed by atoms with E-state index in [0.717, 1.165) is 13.0 Å². The summed E-state index contributed by atoms with van der Waals surface area (Å²) < 4.78 is 54.4. The summed E-state index contributed by atoms with van der Waals surface area (Å²) >= 11 is 0. The first-order chi connectivity index (χ1) is 21.4. The van der Waals surface area contributed by atoms with Gasteiger partial charge in [0.2, 0.25) is 0 Å². The lowest BCUT2D eigenvalue weighted by molar-refractivity contribution is -0.0268. The monoisotopic (exact) mass is 626 g/mol. The molecule has 0 fully saturated rings. The molecule has 0 aromatic heterocycles. The number of ether oxygens (including phenoxy) is 10. The molecule has 260 valence electrons. The van der Waals surface area contributed by atoms with Crippen LogP contribution < -0.4 is 0 Å². The van der Waals surface area contributed by atoms with Gasteiger partial charge in [0.25, 0.3) is 0 Å². The lowest BCUT2D eigenvalue weighted by atomic mass is 10.1. The summed E-state index contributed by atoms with van der Waals surface area (Å²) in [6.07, 6.45) is 13.4. The molecule has 0 amide bonds. The third kappa shape index (κ3) is 41.6. The third-order valence-electron chi connectivity index (χ3n) is 6.23. The zero-order chi connectivity index (χ0) is 31.0. The Kier molecular flexibility index (Phi) is 41.1. The van der Waals surface area contributed by atoms with E-state index in [1.165, 1.54) is 57.8 Å². The molecule has 0 aromatic rings. The van der Waals surface area contributed by atoms with Gasteiger partial charge in [-0.2, -0.15) is 0 Å². The lowest BCUT2D eigenvalue weighted by Gasteiger charge is -2.09. The molecule has 0 rings (SSSR count). The third-order valence-corrected chi connectivity index (χ3v) is 6.23. The fourth-order valence-electron chi connectivity index (χ4n) is 3.84. The highest BCUT2D eigenvalue weighted by Gasteiger charge is 1.97. The summed E-state index contributed by atoms with van der Waals surface area (Å²) in [5, 5.41) is 8.58. The zero-order valence-corrected chi connectivity index (χ0v) is 27.5. The molecule has 0 saturated carbocycles. The molecule has 0 bridgehead atoms. The Hall–Kier alpha value is -0.440. The minimum absolute atomic E-state index is 0.0303. The zero-order valence-electron chi connectivity index (χ0n) is 27.5. The van der Waals surface area contributed by atoms with Crippen molar-refractivity contribution in [2.45, 2.75) is 71.1 Å². The smallest absolute Gasteiger partial charge is 0.0701 e. The molecule has 0 unspecified atom stereocenters. The van der Waals surface area contributed by atoms with Gasteiger partial charge in [-0.3, -0.25) is 0 Å². The number of aliphatic hydroxyl groups is 1. The Bertz CT molecular complexity index is 435. The predicted molar refractivity (Wildman–Crippen MR) is 167 cm³/mol. The number of rotatable bonds is 40. The highest BCUT2D eigenvalue weighted by Crippen LogP contribution is 2.10. The van der Waals surface area contributed by atoms with Crippen LogP contribution in [0.5, 0.6) is 0 Å². The fourth-order valence-corrected chi connectivity index (χ4v) is 3.84. The highest BCUT2D eigenvalue weighted by atomic mass is 16.6. The Morgan fingerprint density at radius 3 is 0.721 bits per heavy atom. The van der Waals surface area contributed by atoms with Crippen LogP contribution in [0.15, 0.2) is 0 Å². The van der Waals surface area contributed by atoms with Crippen LogP contribution >= 0.6 is 0 Å². The van der Waals surface area contributed by atoms with Crippen molar-refractivity contribution in [3.63, 3.8) is 0 Å². The normalized spacial score (nSPS) is 11.6. The molecule has 0 saturated heterocycles. The predicted octanol–water partition coefficient (Wildman–Crippen LogP) is 4.07. The number of hydrogen-bond donors (Lipinski definition) is 1. The van der Waals surface area contributed by atoms with Gasteiger partial charge in [0.15, 0.2) is 0 Å². The first-order valence-electron chi connectivity index (χ1n) is 16.8. The quantitative estimate of drug-likeness (QED) is 0.0994. The van der Waals surface area contributed by atoms with Gasteiger partial charge in [0.1, 0.15) is 0 Å². The molecule has 0 aliphatic rings. The molecule has 1 N–H and O–H groups in total. The fraction of sp³-hybridized carbons (Fsp3) is 1.00. The van der Waals surface area contributed by atoms with Crippen molar-refractivity contribution in [2.75, 3.05) is 139 Å². The second kappa shape index (κ2) is 41.6. The van der Waals surface area contributed by atoms with Gasteiger partial charge < -0.3 is 52.5 Å². The van der Waals surface area contributed by atoms with Crippen molar-refractivity contribution in [3.8, 4) is 0 Å². The van der Waals surface area contributed by atoms with E-state index in [1.54, 1.807) is 0 Å². The molecular weight excluding hydrogens is 560 g/mol. The average Bonchev–Trinajstić information content (AvgIpc) is 3.02. The van der Waals surface area contributed by atoms with E-state index in [0.29, 0.717) is 126 Å². The van der Waals surface area contributed by atoms with Crippen molar-refractivity contribution >= 4 is 0 Å². The second-order valence-corrected chi connectivity index (χ2v) is 10.0. The maximum atomic E-state index is 8.58. The standard InChI is InChI=1S/C32H66O11/c1-2-3-4-5-6-7-8-9-10-11-13-34-15-17-36-19-21-38-23-25-40-27-29-42-31-32-43-30-28-41-26-24-39-22-20-37-18-16-35-14-12-33/h33H,2-32H2,1H3. The Labute approximate surface area is 262 Å². The van der Waals surface area contributed by atoms with E-state index in [-0.39, 0.29) is 6.61 Å². The molecule has 0 spiro atoms. The molecule has 0 atom stereocenters. The van der Waals surface area contributed by atoms with Gasteiger partial charge in [-0.15, -0.1) is 0 Å². The highest BCUT2D eigenvalue weighted by molar-refractivity contribution is 4.47. The largest absolute Gasteiger partial charge is 0.394 e. The Balaban J connectivity index is 3.02. The van der Waals surface area contributed by atoms with Gasteiger partial charge in [0.05, 0.1) is 132 Å². The van der Waals surface area contributed by atoms with Crippen molar-refractivity contribution in [1.29, 1.82) is 0 Å². The van der Waals surface area contributed by atoms with Gasteiger partial charge in [-0.1, -0.05) is 64.7 Å². The topological polar surface area (TPSA) is 113 Å². The molecule has 0 aliphatic heterocycles. The van der Waals surface area contributed by atoms with Crippen LogP contribution in [0.1, 0.15) is 71.1 Å². The van der Waals surface area contributed by atoms with Crippen molar-refractivity contribution < 1.29 is 52.5 Å². The van der Waals surface area contributed by atoms with Crippen LogP contribution in [0, 0.1) is 0 Å². The average molecular weight is 627 g/mol. The van der Waals surface area contributed by atoms with E-state index in [9.17, 15) is 0 Å². The van der Waals surface area contributed by atoms with E-state index in [4.69, 9.17) is 52.5 Å². The van der Waals surface area contributed by atoms with E-state index in [2.05, 4.69) is 6.92 Å². The molecule has 0 aliphatic carbocycles. The molecule has 0 heterocycles. The molecule has 11 nitrogen and oxygen atoms in total. The number of unbranched alkanes of at least 4 members (excludes halogenated alkanes) is 9. The summed E-state index contributed by atoms with van der Waals surface area (Å²) in [7, 11) is 0. The van der Waals surface area contributed by atoms with E-state index < -0.39 is 0 Å². The lowest BCUT2D eigenvalue weighted by Crippen LogP contribution is -2.15. The van der Waals surface area contributed by atoms with Crippen molar-refractivity contribution in [1.82, 2.24) is 0 Å². The number of hydrogen-bond acceptors (Lipinski definition) is 11. The summed E-state index contributed by atoms with van der Waals surface area (Å²) in [6.45, 7) is 13.1. The second-order valence-electron chi connectivity index (χ2n) is 10.0. The Morgan fingerprint density at radius 2 is 0.465 bits per heavy atom. The molecular formula is C32H66O11. The van der Waals surface area contributed by atoms with Crippen LogP contribution in [-0.4, -0.2) is 144 Å². The summed E-state index contributed by atoms with van der Waals surface area (Å²) in [5.74, 6) is 0. The molecule has 0 radical (unpaired) electrons.